The number of nitrogens with one attached hydrogen (secondary N) is 1. The van der Waals surface area contributed by atoms with E-state index in [0.717, 1.165) is 75.1 Å². The number of piperazine rings is 1. The van der Waals surface area contributed by atoms with Crippen LogP contribution >= 0.6 is 37.2 Å². The van der Waals surface area contributed by atoms with Gasteiger partial charge in [0.05, 0.1) is 0 Å². The molecule has 3 aromatic rings. The maximum atomic E-state index is 14.6. The van der Waals surface area contributed by atoms with Crippen LogP contribution in [0.15, 0.2) is 72.8 Å². The van der Waals surface area contributed by atoms with Crippen LogP contribution in [-0.2, 0) is 18.6 Å². The predicted octanol–water partition coefficient (Wildman–Crippen LogP) is 6.68. The Labute approximate surface area is 238 Å². The van der Waals surface area contributed by atoms with Gasteiger partial charge in [-0.05, 0) is 48.7 Å². The van der Waals surface area contributed by atoms with E-state index in [1.54, 1.807) is 18.2 Å². The highest BCUT2D eigenvalue weighted by atomic mass is 35.5. The lowest BCUT2D eigenvalue weighted by molar-refractivity contribution is 0.246. The molecule has 202 valence electrons. The number of nitrogens with zero attached hydrogens (tertiary/aromatic N) is 2. The predicted molar refractivity (Wildman–Crippen MR) is 157 cm³/mol. The summed E-state index contributed by atoms with van der Waals surface area (Å²) in [6.45, 7) is 5.29. The van der Waals surface area contributed by atoms with E-state index in [1.807, 2.05) is 18.2 Å². The first-order valence-electron chi connectivity index (χ1n) is 12.5. The Morgan fingerprint density at radius 2 is 1.46 bits per heavy atom. The number of aromatic hydroxyl groups is 1. The number of anilines is 1. The van der Waals surface area contributed by atoms with Crippen molar-refractivity contribution in [2.24, 2.45) is 0 Å². The van der Waals surface area contributed by atoms with Crippen LogP contribution in [0.4, 0.5) is 10.1 Å². The van der Waals surface area contributed by atoms with E-state index in [9.17, 15) is 9.50 Å². The maximum absolute atomic E-state index is 14.6. The van der Waals surface area contributed by atoms with Gasteiger partial charge in [-0.15, -0.1) is 37.2 Å². The standard InChI is InChI=1S/C29H34FN3O.3ClH/c30-27-11-5-4-10-26(27)29(14-6-7-15-29)31-21-23-12-13-28(34)24(20-23)22-32-16-18-33(19-17-32)25-8-2-1-3-9-25;;;/h1-5,8-13,20,31,34H,6-7,14-19,21-22H2;3*1H. The van der Waals surface area contributed by atoms with Crippen LogP contribution in [0.3, 0.4) is 0 Å². The minimum Gasteiger partial charge on any atom is -0.508 e. The fraction of sp³-hybridized carbons (Fsp3) is 0.379. The van der Waals surface area contributed by atoms with E-state index >= 15 is 0 Å². The summed E-state index contributed by atoms with van der Waals surface area (Å²) in [4.78, 5) is 4.82. The second-order valence-electron chi connectivity index (χ2n) is 9.68. The first kappa shape index (κ1) is 31.2. The van der Waals surface area contributed by atoms with Crippen LogP contribution < -0.4 is 10.2 Å². The zero-order chi connectivity index (χ0) is 23.4. The lowest BCUT2D eigenvalue weighted by atomic mass is 9.87. The van der Waals surface area contributed by atoms with Crippen molar-refractivity contribution in [3.8, 4) is 5.75 Å². The van der Waals surface area contributed by atoms with Crippen molar-refractivity contribution in [3.05, 3.63) is 95.3 Å². The monoisotopic (exact) mass is 567 g/mol. The third-order valence-electron chi connectivity index (χ3n) is 7.51. The summed E-state index contributed by atoms with van der Waals surface area (Å²) in [5, 5.41) is 14.2. The summed E-state index contributed by atoms with van der Waals surface area (Å²) in [6, 6.07) is 23.6. The number of hydrogen-bond donors (Lipinski definition) is 2. The molecule has 4 nitrogen and oxygen atoms in total. The minimum atomic E-state index is -0.308. The number of halogens is 4. The topological polar surface area (TPSA) is 38.7 Å². The van der Waals surface area contributed by atoms with Gasteiger partial charge in [0, 0.05) is 61.6 Å². The summed E-state index contributed by atoms with van der Waals surface area (Å²) >= 11 is 0. The molecular weight excluding hydrogens is 532 g/mol. The van der Waals surface area contributed by atoms with Gasteiger partial charge in [0.2, 0.25) is 0 Å². The van der Waals surface area contributed by atoms with E-state index in [1.165, 1.54) is 5.69 Å². The highest BCUT2D eigenvalue weighted by Gasteiger charge is 2.37. The number of phenols is 1. The maximum Gasteiger partial charge on any atom is 0.128 e. The van der Waals surface area contributed by atoms with Crippen molar-refractivity contribution in [3.63, 3.8) is 0 Å². The summed E-state index contributed by atoms with van der Waals surface area (Å²) in [5.74, 6) is 0.219. The average Bonchev–Trinajstić information content (AvgIpc) is 3.36. The molecule has 1 aliphatic carbocycles. The third-order valence-corrected chi connectivity index (χ3v) is 7.51. The fourth-order valence-corrected chi connectivity index (χ4v) is 5.56. The molecule has 1 aliphatic heterocycles. The molecule has 0 spiro atoms. The highest BCUT2D eigenvalue weighted by Crippen LogP contribution is 2.40. The summed E-state index contributed by atoms with van der Waals surface area (Å²) in [7, 11) is 0. The van der Waals surface area contributed by atoms with Crippen molar-refractivity contribution in [1.29, 1.82) is 0 Å². The van der Waals surface area contributed by atoms with E-state index in [0.29, 0.717) is 12.3 Å². The van der Waals surface area contributed by atoms with E-state index in [2.05, 4.69) is 51.5 Å². The Kier molecular flexibility index (Phi) is 12.0. The van der Waals surface area contributed by atoms with E-state index in [4.69, 9.17) is 0 Å². The van der Waals surface area contributed by atoms with Gasteiger partial charge in [0.1, 0.15) is 11.6 Å². The Bertz CT molecular complexity index is 1100. The Morgan fingerprint density at radius 1 is 0.811 bits per heavy atom. The molecule has 8 heteroatoms. The summed E-state index contributed by atoms with van der Waals surface area (Å²) in [5.41, 5.74) is 3.82. The Balaban J connectivity index is 0.00000160. The molecule has 3 aromatic carbocycles. The third kappa shape index (κ3) is 7.30. The van der Waals surface area contributed by atoms with Crippen molar-refractivity contribution in [2.75, 3.05) is 31.1 Å². The first-order chi connectivity index (χ1) is 16.6. The molecule has 0 amide bonds. The molecule has 37 heavy (non-hydrogen) atoms. The molecular formula is C29H37Cl3FN3O. The fourth-order valence-electron chi connectivity index (χ4n) is 5.56. The summed E-state index contributed by atoms with van der Waals surface area (Å²) < 4.78 is 14.6. The highest BCUT2D eigenvalue weighted by molar-refractivity contribution is 5.86. The van der Waals surface area contributed by atoms with E-state index < -0.39 is 0 Å². The van der Waals surface area contributed by atoms with Crippen molar-refractivity contribution < 1.29 is 9.50 Å². The normalized spacial score (nSPS) is 16.8. The van der Waals surface area contributed by atoms with Crippen molar-refractivity contribution in [2.45, 2.75) is 44.3 Å². The molecule has 1 heterocycles. The van der Waals surface area contributed by atoms with Crippen molar-refractivity contribution in [1.82, 2.24) is 10.2 Å². The molecule has 1 saturated heterocycles. The molecule has 0 radical (unpaired) electrons. The largest absolute Gasteiger partial charge is 0.508 e. The van der Waals surface area contributed by atoms with Gasteiger partial charge in [0.15, 0.2) is 0 Å². The Morgan fingerprint density at radius 3 is 2.14 bits per heavy atom. The average molecular weight is 569 g/mol. The molecule has 1 saturated carbocycles. The second-order valence-corrected chi connectivity index (χ2v) is 9.68. The number of rotatable bonds is 7. The van der Waals surface area contributed by atoms with Crippen molar-refractivity contribution >= 4 is 42.9 Å². The zero-order valence-electron chi connectivity index (χ0n) is 20.9. The molecule has 0 atom stereocenters. The van der Waals surface area contributed by atoms with Gasteiger partial charge in [-0.1, -0.05) is 55.3 Å². The smallest absolute Gasteiger partial charge is 0.128 e. The molecule has 2 N–H and O–H groups in total. The number of benzene rings is 3. The lowest BCUT2D eigenvalue weighted by Crippen LogP contribution is -2.46. The van der Waals surface area contributed by atoms with Crippen LogP contribution in [0, 0.1) is 5.82 Å². The van der Waals surface area contributed by atoms with Gasteiger partial charge in [-0.25, -0.2) is 4.39 Å². The van der Waals surface area contributed by atoms with Crippen LogP contribution in [0.2, 0.25) is 0 Å². The first-order valence-corrected chi connectivity index (χ1v) is 12.5. The number of phenolic OH excluding ortho intramolecular Hbond substituents is 1. The molecule has 2 fully saturated rings. The minimum absolute atomic E-state index is 0. The zero-order valence-corrected chi connectivity index (χ0v) is 23.4. The Hall–Kier alpha value is -2.02. The number of para-hydroxylation sites is 1. The second kappa shape index (κ2) is 14.2. The van der Waals surface area contributed by atoms with Crippen LogP contribution in [-0.4, -0.2) is 36.2 Å². The van der Waals surface area contributed by atoms with Gasteiger partial charge < -0.3 is 15.3 Å². The molecule has 5 rings (SSSR count). The molecule has 0 unspecified atom stereocenters. The molecule has 0 aromatic heterocycles. The van der Waals surface area contributed by atoms with Crippen LogP contribution in [0.5, 0.6) is 5.75 Å². The SMILES string of the molecule is Cl.Cl.Cl.Oc1ccc(CNC2(c3ccccc3F)CCCC2)cc1CN1CCN(c2ccccc2)CC1. The van der Waals surface area contributed by atoms with Gasteiger partial charge in [-0.3, -0.25) is 4.90 Å². The van der Waals surface area contributed by atoms with Gasteiger partial charge in [0.25, 0.3) is 0 Å². The van der Waals surface area contributed by atoms with Crippen LogP contribution in [0.25, 0.3) is 0 Å². The summed E-state index contributed by atoms with van der Waals surface area (Å²) in [6.07, 6.45) is 4.11. The lowest BCUT2D eigenvalue weighted by Gasteiger charge is -2.36. The quantitative estimate of drug-likeness (QED) is 0.334. The van der Waals surface area contributed by atoms with Gasteiger partial charge in [-0.2, -0.15) is 0 Å². The van der Waals surface area contributed by atoms with Crippen LogP contribution in [0.1, 0.15) is 42.4 Å². The van der Waals surface area contributed by atoms with E-state index in [-0.39, 0.29) is 48.6 Å². The molecule has 0 bridgehead atoms. The number of hydrogen-bond acceptors (Lipinski definition) is 4. The molecule has 2 aliphatic rings. The van der Waals surface area contributed by atoms with Gasteiger partial charge >= 0.3 is 0 Å².